The van der Waals surface area contributed by atoms with E-state index in [0.29, 0.717) is 5.02 Å². The molecule has 0 fully saturated rings. The first-order chi connectivity index (χ1) is 7.25. The van der Waals surface area contributed by atoms with Crippen LogP contribution in [-0.4, -0.2) is 4.98 Å². The van der Waals surface area contributed by atoms with Crippen LogP contribution in [-0.2, 0) is 6.54 Å². The van der Waals surface area contributed by atoms with Crippen LogP contribution in [0.4, 0.5) is 5.69 Å². The van der Waals surface area contributed by atoms with Crippen molar-refractivity contribution in [2.75, 3.05) is 5.32 Å². The van der Waals surface area contributed by atoms with Crippen LogP contribution in [0.2, 0.25) is 5.02 Å². The molecule has 0 saturated carbocycles. The molecule has 1 aromatic carbocycles. The van der Waals surface area contributed by atoms with Crippen LogP contribution in [0, 0.1) is 0 Å². The summed E-state index contributed by atoms with van der Waals surface area (Å²) < 4.78 is 0.982. The molecule has 1 aromatic heterocycles. The van der Waals surface area contributed by atoms with Crippen molar-refractivity contribution in [1.82, 2.24) is 4.98 Å². The fraction of sp³-hybridized carbons (Fsp3) is 0.100. The van der Waals surface area contributed by atoms with E-state index in [0.717, 1.165) is 16.7 Å². The fourth-order valence-corrected chi connectivity index (χ4v) is 2.42. The maximum absolute atomic E-state index is 6.06. The van der Waals surface area contributed by atoms with Crippen LogP contribution in [0.1, 0.15) is 4.88 Å². The van der Waals surface area contributed by atoms with Crippen LogP contribution in [0.25, 0.3) is 0 Å². The Morgan fingerprint density at radius 1 is 1.47 bits per heavy atom. The van der Waals surface area contributed by atoms with Gasteiger partial charge in [0.25, 0.3) is 0 Å². The second kappa shape index (κ2) is 4.96. The van der Waals surface area contributed by atoms with Gasteiger partial charge in [0.15, 0.2) is 0 Å². The average molecular weight is 304 g/mol. The van der Waals surface area contributed by atoms with Gasteiger partial charge in [-0.15, -0.1) is 11.3 Å². The zero-order chi connectivity index (χ0) is 10.7. The number of thiazole rings is 1. The van der Waals surface area contributed by atoms with Gasteiger partial charge in [0, 0.05) is 15.5 Å². The maximum Gasteiger partial charge on any atom is 0.0794 e. The highest BCUT2D eigenvalue weighted by Crippen LogP contribution is 2.26. The van der Waals surface area contributed by atoms with E-state index in [1.807, 2.05) is 29.9 Å². The van der Waals surface area contributed by atoms with Crippen molar-refractivity contribution in [2.45, 2.75) is 6.54 Å². The van der Waals surface area contributed by atoms with Gasteiger partial charge in [-0.2, -0.15) is 0 Å². The van der Waals surface area contributed by atoms with E-state index in [1.54, 1.807) is 11.3 Å². The Balaban J connectivity index is 2.05. The molecule has 0 spiro atoms. The number of anilines is 1. The molecule has 0 saturated heterocycles. The van der Waals surface area contributed by atoms with E-state index in [2.05, 4.69) is 26.2 Å². The Morgan fingerprint density at radius 2 is 2.33 bits per heavy atom. The Hall–Kier alpha value is -0.580. The van der Waals surface area contributed by atoms with E-state index >= 15 is 0 Å². The van der Waals surface area contributed by atoms with Gasteiger partial charge in [0.2, 0.25) is 0 Å². The zero-order valence-corrected chi connectivity index (χ0v) is 10.9. The number of aromatic nitrogens is 1. The van der Waals surface area contributed by atoms with Gasteiger partial charge >= 0.3 is 0 Å². The summed E-state index contributed by atoms with van der Waals surface area (Å²) in [5, 5.41) is 3.98. The van der Waals surface area contributed by atoms with Crippen molar-refractivity contribution in [3.05, 3.63) is 44.3 Å². The molecule has 1 N–H and O–H groups in total. The number of nitrogens with one attached hydrogen (secondary N) is 1. The summed E-state index contributed by atoms with van der Waals surface area (Å²) in [7, 11) is 0. The normalized spacial score (nSPS) is 10.3. The van der Waals surface area contributed by atoms with Gasteiger partial charge in [-0.25, -0.2) is 0 Å². The minimum atomic E-state index is 0.717. The maximum atomic E-state index is 6.06. The highest BCUT2D eigenvalue weighted by atomic mass is 79.9. The van der Waals surface area contributed by atoms with E-state index in [9.17, 15) is 0 Å². The minimum absolute atomic E-state index is 0.717. The Morgan fingerprint density at radius 3 is 3.00 bits per heavy atom. The molecule has 1 heterocycles. The lowest BCUT2D eigenvalue weighted by molar-refractivity contribution is 1.17. The van der Waals surface area contributed by atoms with E-state index in [-0.39, 0.29) is 0 Å². The van der Waals surface area contributed by atoms with Gasteiger partial charge < -0.3 is 5.32 Å². The van der Waals surface area contributed by atoms with Crippen LogP contribution in [0.5, 0.6) is 0 Å². The average Bonchev–Trinajstić information content (AvgIpc) is 2.69. The highest BCUT2D eigenvalue weighted by molar-refractivity contribution is 9.10. The first-order valence-electron chi connectivity index (χ1n) is 4.32. The third kappa shape index (κ3) is 2.93. The van der Waals surface area contributed by atoms with Crippen LogP contribution in [0.3, 0.4) is 0 Å². The SMILES string of the molecule is Clc1cc(Br)ccc1NCc1cncs1. The van der Waals surface area contributed by atoms with E-state index < -0.39 is 0 Å². The molecule has 5 heteroatoms. The lowest BCUT2D eigenvalue weighted by atomic mass is 10.3. The summed E-state index contributed by atoms with van der Waals surface area (Å²) >= 11 is 11.1. The van der Waals surface area contributed by atoms with Crippen molar-refractivity contribution in [3.63, 3.8) is 0 Å². The summed E-state index contributed by atoms with van der Waals surface area (Å²) in [6.07, 6.45) is 1.85. The molecule has 0 bridgehead atoms. The molecule has 0 unspecified atom stereocenters. The second-order valence-electron chi connectivity index (χ2n) is 2.95. The zero-order valence-electron chi connectivity index (χ0n) is 7.71. The third-order valence-electron chi connectivity index (χ3n) is 1.87. The van der Waals surface area contributed by atoms with Crippen molar-refractivity contribution in [1.29, 1.82) is 0 Å². The van der Waals surface area contributed by atoms with Gasteiger partial charge in [0.05, 0.1) is 22.8 Å². The Labute approximate surface area is 105 Å². The lowest BCUT2D eigenvalue weighted by Crippen LogP contribution is -1.97. The number of hydrogen-bond donors (Lipinski definition) is 1. The van der Waals surface area contributed by atoms with Crippen molar-refractivity contribution < 1.29 is 0 Å². The summed E-state index contributed by atoms with van der Waals surface area (Å²) in [5.74, 6) is 0. The van der Waals surface area contributed by atoms with Crippen LogP contribution >= 0.6 is 38.9 Å². The Bertz CT molecular complexity index is 445. The minimum Gasteiger partial charge on any atom is -0.379 e. The first-order valence-corrected chi connectivity index (χ1v) is 6.37. The van der Waals surface area contributed by atoms with Gasteiger partial charge in [-0.1, -0.05) is 27.5 Å². The molecule has 0 aliphatic carbocycles. The smallest absolute Gasteiger partial charge is 0.0794 e. The molecule has 0 atom stereocenters. The molecule has 2 aromatic rings. The third-order valence-corrected chi connectivity index (χ3v) is 3.45. The van der Waals surface area contributed by atoms with Gasteiger partial charge in [-0.05, 0) is 18.2 Å². The van der Waals surface area contributed by atoms with E-state index in [1.165, 1.54) is 4.88 Å². The second-order valence-corrected chi connectivity index (χ2v) is 5.24. The number of rotatable bonds is 3. The quantitative estimate of drug-likeness (QED) is 0.920. The summed E-state index contributed by atoms with van der Waals surface area (Å²) in [6.45, 7) is 0.756. The predicted octanol–water partition coefficient (Wildman–Crippen LogP) is 4.17. The number of halogens is 2. The Kier molecular flexibility index (Phi) is 3.61. The molecule has 0 radical (unpaired) electrons. The van der Waals surface area contributed by atoms with Crippen LogP contribution in [0.15, 0.2) is 34.4 Å². The predicted molar refractivity (Wildman–Crippen MR) is 68.6 cm³/mol. The van der Waals surface area contributed by atoms with Gasteiger partial charge in [0.1, 0.15) is 0 Å². The summed E-state index contributed by atoms with van der Waals surface area (Å²) in [5.41, 5.74) is 2.76. The molecule has 0 aliphatic rings. The van der Waals surface area contributed by atoms with Crippen molar-refractivity contribution >= 4 is 44.6 Å². The first kappa shape index (κ1) is 10.9. The topological polar surface area (TPSA) is 24.9 Å². The van der Waals surface area contributed by atoms with Crippen molar-refractivity contribution in [3.8, 4) is 0 Å². The molecule has 78 valence electrons. The van der Waals surface area contributed by atoms with E-state index in [4.69, 9.17) is 11.6 Å². The standard InChI is InChI=1S/C10H8BrClN2S/c11-7-1-2-10(9(12)3-7)14-5-8-4-13-6-15-8/h1-4,6,14H,5H2. The molecule has 15 heavy (non-hydrogen) atoms. The molecule has 2 rings (SSSR count). The number of benzene rings is 1. The monoisotopic (exact) mass is 302 g/mol. The van der Waals surface area contributed by atoms with Gasteiger partial charge in [-0.3, -0.25) is 4.98 Å². The molecular weight excluding hydrogens is 296 g/mol. The summed E-state index contributed by atoms with van der Waals surface area (Å²) in [6, 6.07) is 5.78. The summed E-state index contributed by atoms with van der Waals surface area (Å²) in [4.78, 5) is 5.20. The van der Waals surface area contributed by atoms with Crippen LogP contribution < -0.4 is 5.32 Å². The molecule has 0 aliphatic heterocycles. The molecule has 2 nitrogen and oxygen atoms in total. The molecular formula is C10H8BrClN2S. The fourth-order valence-electron chi connectivity index (χ4n) is 1.14. The highest BCUT2D eigenvalue weighted by Gasteiger charge is 2.01. The lowest BCUT2D eigenvalue weighted by Gasteiger charge is -2.06. The number of nitrogens with zero attached hydrogens (tertiary/aromatic N) is 1. The number of hydrogen-bond acceptors (Lipinski definition) is 3. The largest absolute Gasteiger partial charge is 0.379 e. The molecule has 0 amide bonds. The van der Waals surface area contributed by atoms with Crippen molar-refractivity contribution in [2.24, 2.45) is 0 Å².